The van der Waals surface area contributed by atoms with Crippen LogP contribution in [0.25, 0.3) is 11.3 Å². The second kappa shape index (κ2) is 9.34. The summed E-state index contributed by atoms with van der Waals surface area (Å²) in [6.45, 7) is 0. The second-order valence-electron chi connectivity index (χ2n) is 7.38. The van der Waals surface area contributed by atoms with Gasteiger partial charge in [-0.1, -0.05) is 48.5 Å². The zero-order chi connectivity index (χ0) is 22.0. The summed E-state index contributed by atoms with van der Waals surface area (Å²) in [5, 5.41) is 36.9. The van der Waals surface area contributed by atoms with Crippen molar-refractivity contribution in [3.05, 3.63) is 56.1 Å². The fourth-order valence-electron chi connectivity index (χ4n) is 3.53. The summed E-state index contributed by atoms with van der Waals surface area (Å²) < 4.78 is 1.70. The largest absolute Gasteiger partial charge is 0.504 e. The van der Waals surface area contributed by atoms with E-state index in [2.05, 4.69) is 5.10 Å². The molecular formula is C22H21Cl2N3O3S. The van der Waals surface area contributed by atoms with Crippen LogP contribution < -0.4 is 4.80 Å². The monoisotopic (exact) mass is 477 g/mol. The van der Waals surface area contributed by atoms with Crippen molar-refractivity contribution in [2.75, 3.05) is 0 Å². The number of halogens is 2. The summed E-state index contributed by atoms with van der Waals surface area (Å²) in [4.78, 5) is 5.66. The Labute approximate surface area is 193 Å². The third-order valence-electron chi connectivity index (χ3n) is 5.24. The fraction of sp³-hybridized carbons (Fsp3) is 0.273. The maximum absolute atomic E-state index is 10.1. The lowest BCUT2D eigenvalue weighted by atomic mass is 9.96. The van der Waals surface area contributed by atoms with Crippen LogP contribution in [-0.2, 0) is 0 Å². The van der Waals surface area contributed by atoms with Crippen LogP contribution in [0.1, 0.15) is 37.7 Å². The van der Waals surface area contributed by atoms with Gasteiger partial charge in [-0.2, -0.15) is 5.10 Å². The number of aromatic nitrogens is 1. The van der Waals surface area contributed by atoms with Crippen molar-refractivity contribution >= 4 is 40.8 Å². The number of thiazole rings is 1. The number of nitrogens with zero attached hydrogens (tertiary/aromatic N) is 3. The number of aromatic hydroxyl groups is 3. The minimum absolute atomic E-state index is 0.252. The minimum atomic E-state index is -0.587. The van der Waals surface area contributed by atoms with Crippen LogP contribution in [-0.4, -0.2) is 32.3 Å². The molecule has 6 nitrogen and oxygen atoms in total. The van der Waals surface area contributed by atoms with E-state index < -0.39 is 17.2 Å². The highest BCUT2D eigenvalue weighted by atomic mass is 35.5. The molecule has 1 fully saturated rings. The van der Waals surface area contributed by atoms with Gasteiger partial charge in [0.25, 0.3) is 0 Å². The molecule has 4 rings (SSSR count). The Morgan fingerprint density at radius 1 is 0.968 bits per heavy atom. The van der Waals surface area contributed by atoms with Gasteiger partial charge in [0.2, 0.25) is 10.6 Å². The Hall–Kier alpha value is -2.48. The summed E-state index contributed by atoms with van der Waals surface area (Å²) in [6.07, 6.45) is 7.10. The molecular weight excluding hydrogens is 457 g/mol. The lowest BCUT2D eigenvalue weighted by molar-refractivity contribution is 0.367. The SMILES string of the molecule is Oc1ccc(C=Nn2c(-c3ccc(Cl)c(Cl)c3)csc2=NC2CCCCC2)c(O)c1O. The summed E-state index contributed by atoms with van der Waals surface area (Å²) >= 11 is 13.8. The van der Waals surface area contributed by atoms with Gasteiger partial charge in [0.05, 0.1) is 28.0 Å². The summed E-state index contributed by atoms with van der Waals surface area (Å²) in [5.41, 5.74) is 1.86. The van der Waals surface area contributed by atoms with E-state index in [1.165, 1.54) is 48.9 Å². The van der Waals surface area contributed by atoms with Gasteiger partial charge in [0, 0.05) is 16.5 Å². The van der Waals surface area contributed by atoms with E-state index >= 15 is 0 Å². The lowest BCUT2D eigenvalue weighted by Crippen LogP contribution is -2.19. The van der Waals surface area contributed by atoms with Crippen molar-refractivity contribution in [3.8, 4) is 28.5 Å². The van der Waals surface area contributed by atoms with E-state index in [0.717, 1.165) is 28.9 Å². The van der Waals surface area contributed by atoms with Gasteiger partial charge in [-0.25, -0.2) is 4.68 Å². The first kappa shape index (κ1) is 21.7. The van der Waals surface area contributed by atoms with Gasteiger partial charge < -0.3 is 15.3 Å². The molecule has 31 heavy (non-hydrogen) atoms. The highest BCUT2D eigenvalue weighted by Crippen LogP contribution is 2.36. The van der Waals surface area contributed by atoms with Crippen LogP contribution in [0.15, 0.2) is 45.8 Å². The van der Waals surface area contributed by atoms with Gasteiger partial charge in [0.1, 0.15) is 0 Å². The topological polar surface area (TPSA) is 90.3 Å². The first-order chi connectivity index (χ1) is 14.9. The van der Waals surface area contributed by atoms with Gasteiger partial charge in [0.15, 0.2) is 11.5 Å². The number of phenols is 3. The smallest absolute Gasteiger partial charge is 0.206 e. The van der Waals surface area contributed by atoms with Crippen molar-refractivity contribution in [1.82, 2.24) is 4.68 Å². The van der Waals surface area contributed by atoms with Gasteiger partial charge in [-0.05, 0) is 37.1 Å². The van der Waals surface area contributed by atoms with E-state index in [1.54, 1.807) is 16.8 Å². The molecule has 0 atom stereocenters. The van der Waals surface area contributed by atoms with Gasteiger partial charge in [-0.3, -0.25) is 4.99 Å². The molecule has 0 saturated heterocycles. The van der Waals surface area contributed by atoms with E-state index in [1.807, 2.05) is 11.4 Å². The molecule has 0 unspecified atom stereocenters. The van der Waals surface area contributed by atoms with Crippen molar-refractivity contribution in [2.24, 2.45) is 10.1 Å². The average Bonchev–Trinajstić information content (AvgIpc) is 3.16. The molecule has 3 N–H and O–H groups in total. The minimum Gasteiger partial charge on any atom is -0.504 e. The summed E-state index contributed by atoms with van der Waals surface area (Å²) in [6, 6.07) is 8.37. The van der Waals surface area contributed by atoms with Crippen molar-refractivity contribution in [2.45, 2.75) is 38.1 Å². The molecule has 9 heteroatoms. The lowest BCUT2D eigenvalue weighted by Gasteiger charge is -2.16. The molecule has 0 bridgehead atoms. The van der Waals surface area contributed by atoms with Crippen LogP contribution in [0, 0.1) is 0 Å². The standard InChI is InChI=1S/C22H21Cl2N3O3S/c23-16-8-6-13(10-17(16)24)18-12-31-22(26-15-4-2-1-3-5-15)27(18)25-11-14-7-9-19(28)21(30)20(14)29/h6-12,15,28-30H,1-5H2. The maximum atomic E-state index is 10.1. The Morgan fingerprint density at radius 3 is 2.48 bits per heavy atom. The third kappa shape index (κ3) is 4.74. The molecule has 1 saturated carbocycles. The van der Waals surface area contributed by atoms with Crippen LogP contribution >= 0.6 is 34.5 Å². The number of rotatable bonds is 4. The highest BCUT2D eigenvalue weighted by molar-refractivity contribution is 7.07. The Morgan fingerprint density at radius 2 is 1.74 bits per heavy atom. The average molecular weight is 478 g/mol. The van der Waals surface area contributed by atoms with E-state index in [0.29, 0.717) is 10.0 Å². The first-order valence-electron chi connectivity index (χ1n) is 9.92. The molecule has 0 amide bonds. The molecule has 1 heterocycles. The van der Waals surface area contributed by atoms with Crippen molar-refractivity contribution in [3.63, 3.8) is 0 Å². The molecule has 0 radical (unpaired) electrons. The summed E-state index contributed by atoms with van der Waals surface area (Å²) in [5.74, 6) is -1.43. The van der Waals surface area contributed by atoms with Gasteiger partial charge >= 0.3 is 0 Å². The molecule has 2 aromatic carbocycles. The maximum Gasteiger partial charge on any atom is 0.206 e. The van der Waals surface area contributed by atoms with Crippen LogP contribution in [0.3, 0.4) is 0 Å². The van der Waals surface area contributed by atoms with E-state index in [9.17, 15) is 15.3 Å². The first-order valence-corrected chi connectivity index (χ1v) is 11.6. The predicted molar refractivity (Wildman–Crippen MR) is 125 cm³/mol. The van der Waals surface area contributed by atoms with Crippen LogP contribution in [0.5, 0.6) is 17.2 Å². The Balaban J connectivity index is 1.81. The molecule has 162 valence electrons. The highest BCUT2D eigenvalue weighted by Gasteiger charge is 2.15. The number of hydrogen-bond donors (Lipinski definition) is 3. The molecule has 0 spiro atoms. The van der Waals surface area contributed by atoms with Crippen molar-refractivity contribution < 1.29 is 15.3 Å². The Kier molecular flexibility index (Phi) is 6.55. The number of benzene rings is 2. The molecule has 1 aliphatic carbocycles. The zero-order valence-electron chi connectivity index (χ0n) is 16.5. The predicted octanol–water partition coefficient (Wildman–Crippen LogP) is 5.76. The second-order valence-corrected chi connectivity index (χ2v) is 9.03. The van der Waals surface area contributed by atoms with Gasteiger partial charge in [-0.15, -0.1) is 11.3 Å². The fourth-order valence-corrected chi connectivity index (χ4v) is 4.74. The van der Waals surface area contributed by atoms with Crippen LogP contribution in [0.4, 0.5) is 0 Å². The van der Waals surface area contributed by atoms with E-state index in [4.69, 9.17) is 28.2 Å². The van der Waals surface area contributed by atoms with Crippen molar-refractivity contribution in [1.29, 1.82) is 0 Å². The quantitative estimate of drug-likeness (QED) is 0.329. The van der Waals surface area contributed by atoms with E-state index in [-0.39, 0.29) is 11.6 Å². The number of hydrogen-bond acceptors (Lipinski definition) is 6. The van der Waals surface area contributed by atoms with Crippen LogP contribution in [0.2, 0.25) is 10.0 Å². The summed E-state index contributed by atoms with van der Waals surface area (Å²) in [7, 11) is 0. The normalized spacial score (nSPS) is 15.7. The molecule has 0 aliphatic heterocycles. The Bertz CT molecular complexity index is 1200. The molecule has 1 aliphatic rings. The number of phenolic OH excluding ortho intramolecular Hbond substituents is 3. The molecule has 1 aromatic heterocycles. The third-order valence-corrected chi connectivity index (χ3v) is 6.81. The molecule has 3 aromatic rings. The zero-order valence-corrected chi connectivity index (χ0v) is 18.8.